The molecule has 23 heavy (non-hydrogen) atoms. The summed E-state index contributed by atoms with van der Waals surface area (Å²) in [6.45, 7) is 2.39. The Morgan fingerprint density at radius 1 is 1.09 bits per heavy atom. The van der Waals surface area contributed by atoms with Gasteiger partial charge in [0, 0.05) is 0 Å². The first-order chi connectivity index (χ1) is 10.9. The molecule has 2 rings (SSSR count). The number of nitrogens with two attached hydrogens (primary N) is 1. The summed E-state index contributed by atoms with van der Waals surface area (Å²) < 4.78 is 5.20. The van der Waals surface area contributed by atoms with E-state index in [9.17, 15) is 9.59 Å². The average Bonchev–Trinajstić information content (AvgIpc) is 2.51. The van der Waals surface area contributed by atoms with Crippen LogP contribution in [-0.4, -0.2) is 33.8 Å². The molecule has 0 aliphatic carbocycles. The Kier molecular flexibility index (Phi) is 6.42. The first-order valence-electron chi connectivity index (χ1n) is 6.63. The Morgan fingerprint density at radius 3 is 2.26 bits per heavy atom. The molecule has 0 aromatic heterocycles. The van der Waals surface area contributed by atoms with Crippen molar-refractivity contribution >= 4 is 11.9 Å². The van der Waals surface area contributed by atoms with Crippen LogP contribution in [0, 0.1) is 0 Å². The van der Waals surface area contributed by atoms with Crippen LogP contribution >= 0.6 is 0 Å². The minimum Gasteiger partial charge on any atom is -0.508 e. The number of benzene rings is 2. The Hall–Kier alpha value is -3.22. The first kappa shape index (κ1) is 17.8. The summed E-state index contributed by atoms with van der Waals surface area (Å²) in [7, 11) is 0. The number of carbonyl (C=O) groups excluding carboxylic acids is 1. The van der Waals surface area contributed by atoms with Crippen molar-refractivity contribution < 1.29 is 29.6 Å². The second-order valence-corrected chi connectivity index (χ2v) is 4.30. The minimum absolute atomic E-state index is 0.180. The molecule has 2 aromatic rings. The molecule has 0 heterocycles. The number of carboxylic acids is 1. The van der Waals surface area contributed by atoms with Gasteiger partial charge >= 0.3 is 5.97 Å². The topological polar surface area (TPSA) is 130 Å². The van der Waals surface area contributed by atoms with Crippen LogP contribution < -0.4 is 10.5 Å². The summed E-state index contributed by atoms with van der Waals surface area (Å²) in [4.78, 5) is 21.1. The molecule has 5 N–H and O–H groups in total. The molecule has 2 aromatic carbocycles. The van der Waals surface area contributed by atoms with Gasteiger partial charge in [0.05, 0.1) is 12.2 Å². The standard InChI is InChI=1S/C9H11NO2.C7H6O4/c1-2-12-8-6-4-3-5-7(8)9(10)11;8-4-1-2-6(9)5(3-4)7(10)11/h3-6H,2H2,1H3,(H2,10,11);1-3,8-9H,(H,10,11). The van der Waals surface area contributed by atoms with Crippen LogP contribution in [-0.2, 0) is 0 Å². The van der Waals surface area contributed by atoms with Crippen LogP contribution in [0.25, 0.3) is 0 Å². The molecule has 0 radical (unpaired) electrons. The maximum Gasteiger partial charge on any atom is 0.339 e. The molecule has 7 nitrogen and oxygen atoms in total. The van der Waals surface area contributed by atoms with Gasteiger partial charge in [0.25, 0.3) is 5.91 Å². The molecule has 0 saturated carbocycles. The minimum atomic E-state index is -1.27. The molecule has 0 fully saturated rings. The Balaban J connectivity index is 0.000000231. The normalized spacial score (nSPS) is 9.43. The van der Waals surface area contributed by atoms with E-state index in [0.29, 0.717) is 17.9 Å². The number of para-hydroxylation sites is 1. The van der Waals surface area contributed by atoms with Crippen molar-refractivity contribution in [3.8, 4) is 17.2 Å². The highest BCUT2D eigenvalue weighted by Gasteiger charge is 2.09. The summed E-state index contributed by atoms with van der Waals surface area (Å²) in [5.74, 6) is -1.71. The molecular formula is C16H17NO6. The SMILES string of the molecule is CCOc1ccccc1C(N)=O.O=C(O)c1cc(O)ccc1O. The molecule has 0 bridgehead atoms. The third-order valence-electron chi connectivity index (χ3n) is 2.66. The van der Waals surface area contributed by atoms with E-state index in [1.54, 1.807) is 24.3 Å². The fraction of sp³-hybridized carbons (Fsp3) is 0.125. The van der Waals surface area contributed by atoms with Gasteiger partial charge in [-0.1, -0.05) is 12.1 Å². The van der Waals surface area contributed by atoms with Crippen molar-refractivity contribution in [2.45, 2.75) is 6.92 Å². The van der Waals surface area contributed by atoms with E-state index < -0.39 is 11.9 Å². The number of phenols is 2. The number of carbonyl (C=O) groups is 2. The number of aromatic hydroxyl groups is 2. The number of carboxylic acid groups (broad SMARTS) is 1. The second kappa shape index (κ2) is 8.28. The van der Waals surface area contributed by atoms with Gasteiger partial charge in [-0.05, 0) is 37.3 Å². The summed E-state index contributed by atoms with van der Waals surface area (Å²) in [5.41, 5.74) is 5.25. The zero-order valence-electron chi connectivity index (χ0n) is 12.4. The largest absolute Gasteiger partial charge is 0.508 e. The van der Waals surface area contributed by atoms with Crippen LogP contribution in [0.2, 0.25) is 0 Å². The molecule has 0 aliphatic heterocycles. The lowest BCUT2D eigenvalue weighted by molar-refractivity contribution is 0.0693. The first-order valence-corrected chi connectivity index (χ1v) is 6.63. The molecular weight excluding hydrogens is 302 g/mol. The summed E-state index contributed by atoms with van der Waals surface area (Å²) in [6.07, 6.45) is 0. The fourth-order valence-electron chi connectivity index (χ4n) is 1.65. The number of hydrogen-bond acceptors (Lipinski definition) is 5. The lowest BCUT2D eigenvalue weighted by Crippen LogP contribution is -2.12. The number of primary amides is 1. The molecule has 0 unspecified atom stereocenters. The summed E-state index contributed by atoms with van der Waals surface area (Å²) in [6, 6.07) is 10.2. The predicted molar refractivity (Wildman–Crippen MR) is 82.9 cm³/mol. The molecule has 0 atom stereocenters. The lowest BCUT2D eigenvalue weighted by Gasteiger charge is -2.05. The Bertz CT molecular complexity index is 699. The average molecular weight is 319 g/mol. The van der Waals surface area contributed by atoms with Gasteiger partial charge in [-0.25, -0.2) is 4.79 Å². The van der Waals surface area contributed by atoms with Gasteiger partial charge in [0.2, 0.25) is 0 Å². The van der Waals surface area contributed by atoms with Crippen LogP contribution in [0.5, 0.6) is 17.2 Å². The van der Waals surface area contributed by atoms with E-state index in [-0.39, 0.29) is 17.1 Å². The van der Waals surface area contributed by atoms with Crippen molar-refractivity contribution in [1.29, 1.82) is 0 Å². The molecule has 7 heteroatoms. The van der Waals surface area contributed by atoms with E-state index in [2.05, 4.69) is 0 Å². The molecule has 0 saturated heterocycles. The van der Waals surface area contributed by atoms with Crippen molar-refractivity contribution in [2.75, 3.05) is 6.61 Å². The maximum atomic E-state index is 10.8. The van der Waals surface area contributed by atoms with Gasteiger partial charge in [-0.3, -0.25) is 4.79 Å². The Morgan fingerprint density at radius 2 is 1.74 bits per heavy atom. The summed E-state index contributed by atoms with van der Waals surface area (Å²) >= 11 is 0. The van der Waals surface area contributed by atoms with Gasteiger partial charge in [0.15, 0.2) is 0 Å². The lowest BCUT2D eigenvalue weighted by atomic mass is 10.2. The third-order valence-corrected chi connectivity index (χ3v) is 2.66. The Labute approximate surface area is 132 Å². The molecule has 122 valence electrons. The van der Waals surface area contributed by atoms with E-state index >= 15 is 0 Å². The molecule has 1 amide bonds. The number of amides is 1. The van der Waals surface area contributed by atoms with Gasteiger partial charge < -0.3 is 25.8 Å². The highest BCUT2D eigenvalue weighted by molar-refractivity contribution is 5.95. The highest BCUT2D eigenvalue weighted by Crippen LogP contribution is 2.21. The van der Waals surface area contributed by atoms with E-state index in [1.807, 2.05) is 6.92 Å². The molecule has 0 aliphatic rings. The van der Waals surface area contributed by atoms with E-state index in [4.69, 9.17) is 25.8 Å². The number of aromatic carboxylic acids is 1. The smallest absolute Gasteiger partial charge is 0.339 e. The highest BCUT2D eigenvalue weighted by atomic mass is 16.5. The van der Waals surface area contributed by atoms with E-state index in [0.717, 1.165) is 12.1 Å². The van der Waals surface area contributed by atoms with Gasteiger partial charge in [-0.15, -0.1) is 0 Å². The van der Waals surface area contributed by atoms with Crippen LogP contribution in [0.4, 0.5) is 0 Å². The van der Waals surface area contributed by atoms with E-state index in [1.165, 1.54) is 6.07 Å². The number of hydrogen-bond donors (Lipinski definition) is 4. The van der Waals surface area contributed by atoms with Crippen LogP contribution in [0.1, 0.15) is 27.6 Å². The zero-order chi connectivity index (χ0) is 17.4. The van der Waals surface area contributed by atoms with Crippen molar-refractivity contribution in [1.82, 2.24) is 0 Å². The van der Waals surface area contributed by atoms with Crippen LogP contribution in [0.15, 0.2) is 42.5 Å². The van der Waals surface area contributed by atoms with Crippen molar-refractivity contribution in [2.24, 2.45) is 5.73 Å². The van der Waals surface area contributed by atoms with Gasteiger partial charge in [0.1, 0.15) is 22.8 Å². The monoisotopic (exact) mass is 319 g/mol. The van der Waals surface area contributed by atoms with Crippen molar-refractivity contribution in [3.63, 3.8) is 0 Å². The molecule has 0 spiro atoms. The third kappa shape index (κ3) is 5.24. The van der Waals surface area contributed by atoms with Crippen LogP contribution in [0.3, 0.4) is 0 Å². The predicted octanol–water partition coefficient (Wildman–Crippen LogP) is 1.98. The quantitative estimate of drug-likeness (QED) is 0.637. The number of rotatable bonds is 4. The second-order valence-electron chi connectivity index (χ2n) is 4.30. The maximum absolute atomic E-state index is 10.8. The number of phenolic OH excluding ortho intramolecular Hbond substituents is 1. The van der Waals surface area contributed by atoms with Gasteiger partial charge in [-0.2, -0.15) is 0 Å². The number of ether oxygens (including phenoxy) is 1. The fourth-order valence-corrected chi connectivity index (χ4v) is 1.65. The van der Waals surface area contributed by atoms with Crippen molar-refractivity contribution in [3.05, 3.63) is 53.6 Å². The summed E-state index contributed by atoms with van der Waals surface area (Å²) in [5, 5.41) is 26.1. The zero-order valence-corrected chi connectivity index (χ0v) is 12.4.